The molecule has 1 atom stereocenters. The average molecular weight is 384 g/mol. The van der Waals surface area contributed by atoms with E-state index in [1.54, 1.807) is 18.2 Å². The van der Waals surface area contributed by atoms with Gasteiger partial charge in [0.25, 0.3) is 5.91 Å². The van der Waals surface area contributed by atoms with Gasteiger partial charge in [-0.25, -0.2) is 0 Å². The van der Waals surface area contributed by atoms with Gasteiger partial charge in [0.1, 0.15) is 12.6 Å². The fraction of sp³-hybridized carbons (Fsp3) is 0.286. The Morgan fingerprint density at radius 3 is 2.48 bits per heavy atom. The van der Waals surface area contributed by atoms with Gasteiger partial charge in [-0.3, -0.25) is 9.59 Å². The molecule has 0 unspecified atom stereocenters. The Kier molecular flexibility index (Phi) is 7.39. The first kappa shape index (κ1) is 20.5. The Morgan fingerprint density at radius 1 is 1.15 bits per heavy atom. The van der Waals surface area contributed by atoms with E-state index < -0.39 is 6.04 Å². The van der Waals surface area contributed by atoms with Crippen molar-refractivity contribution >= 4 is 23.4 Å². The minimum Gasteiger partial charge on any atom is -0.341 e. The highest BCUT2D eigenvalue weighted by Gasteiger charge is 2.22. The molecule has 27 heavy (non-hydrogen) atoms. The Morgan fingerprint density at radius 2 is 1.85 bits per heavy atom. The molecule has 6 heteroatoms. The van der Waals surface area contributed by atoms with Gasteiger partial charge in [0.2, 0.25) is 5.91 Å². The van der Waals surface area contributed by atoms with Crippen LogP contribution in [0.3, 0.4) is 0 Å². The lowest BCUT2D eigenvalue weighted by molar-refractivity contribution is -0.123. The van der Waals surface area contributed by atoms with Crippen molar-refractivity contribution in [3.8, 4) is 17.2 Å². The van der Waals surface area contributed by atoms with Crippen LogP contribution in [-0.4, -0.2) is 24.4 Å². The zero-order chi connectivity index (χ0) is 19.8. The number of amides is 2. The number of nitrogens with one attached hydrogen (secondary N) is 2. The monoisotopic (exact) mass is 383 g/mol. The molecule has 2 amide bonds. The van der Waals surface area contributed by atoms with Crippen molar-refractivity contribution in [1.29, 1.82) is 5.26 Å². The number of rotatable bonds is 7. The number of carbonyl (C=O) groups is 2. The zero-order valence-electron chi connectivity index (χ0n) is 15.3. The van der Waals surface area contributed by atoms with Gasteiger partial charge in [-0.1, -0.05) is 55.8 Å². The van der Waals surface area contributed by atoms with Crippen LogP contribution in [0.5, 0.6) is 0 Å². The normalized spacial score (nSPS) is 11.5. The van der Waals surface area contributed by atoms with Crippen LogP contribution in [0.2, 0.25) is 5.02 Å². The van der Waals surface area contributed by atoms with Crippen LogP contribution in [0, 0.1) is 17.2 Å². The lowest BCUT2D eigenvalue weighted by Gasteiger charge is -2.20. The molecular weight excluding hydrogens is 362 g/mol. The van der Waals surface area contributed by atoms with Crippen LogP contribution >= 0.6 is 11.6 Å². The second-order valence-corrected chi connectivity index (χ2v) is 7.00. The molecule has 0 aromatic heterocycles. The molecule has 0 aliphatic rings. The van der Waals surface area contributed by atoms with Crippen molar-refractivity contribution in [2.75, 3.05) is 6.54 Å². The summed E-state index contributed by atoms with van der Waals surface area (Å²) in [5.74, 6) is -0.523. The molecule has 0 bridgehead atoms. The van der Waals surface area contributed by atoms with Crippen LogP contribution in [0.25, 0.3) is 11.1 Å². The molecule has 5 nitrogen and oxygen atoms in total. The predicted octanol–water partition coefficient (Wildman–Crippen LogP) is 3.79. The first-order chi connectivity index (χ1) is 12.9. The summed E-state index contributed by atoms with van der Waals surface area (Å²) in [6, 6.07) is 15.7. The summed E-state index contributed by atoms with van der Waals surface area (Å²) >= 11 is 6.29. The van der Waals surface area contributed by atoms with E-state index in [4.69, 9.17) is 16.9 Å². The van der Waals surface area contributed by atoms with E-state index in [1.807, 2.05) is 50.2 Å². The Hall–Kier alpha value is -2.84. The first-order valence-corrected chi connectivity index (χ1v) is 9.10. The fourth-order valence-corrected chi connectivity index (χ4v) is 2.93. The third-order valence-corrected chi connectivity index (χ3v) is 4.31. The third-order valence-electron chi connectivity index (χ3n) is 3.98. The molecular formula is C21H22ClN3O2. The molecule has 0 saturated carbocycles. The number of hydrogen-bond donors (Lipinski definition) is 2. The molecule has 0 radical (unpaired) electrons. The summed E-state index contributed by atoms with van der Waals surface area (Å²) in [6.07, 6.45) is 0.474. The summed E-state index contributed by atoms with van der Waals surface area (Å²) in [5.41, 5.74) is 2.07. The first-order valence-electron chi connectivity index (χ1n) is 8.73. The van der Waals surface area contributed by atoms with Gasteiger partial charge in [0.05, 0.1) is 6.07 Å². The number of nitriles is 1. The second kappa shape index (κ2) is 9.75. The number of carbonyl (C=O) groups excluding carboxylic acids is 2. The Balaban J connectivity index is 2.22. The quantitative estimate of drug-likeness (QED) is 0.713. The van der Waals surface area contributed by atoms with E-state index in [1.165, 1.54) is 0 Å². The number of hydrogen-bond acceptors (Lipinski definition) is 3. The SMILES string of the molecule is CC(C)C[C@H](NC(=O)c1ccc(Cl)c(-c2ccccc2)c1)C(=O)NCC#N. The molecule has 0 fully saturated rings. The van der Waals surface area contributed by atoms with Crippen LogP contribution in [-0.2, 0) is 4.79 Å². The Labute approximate surface area is 164 Å². The minimum absolute atomic E-state index is 0.0948. The van der Waals surface area contributed by atoms with Gasteiger partial charge < -0.3 is 10.6 Å². The predicted molar refractivity (Wildman–Crippen MR) is 106 cm³/mol. The summed E-state index contributed by atoms with van der Waals surface area (Å²) in [5, 5.41) is 14.5. The molecule has 2 rings (SSSR count). The van der Waals surface area contributed by atoms with Crippen molar-refractivity contribution in [1.82, 2.24) is 10.6 Å². The molecule has 0 saturated heterocycles. The van der Waals surface area contributed by atoms with E-state index in [9.17, 15) is 9.59 Å². The molecule has 2 N–H and O–H groups in total. The third kappa shape index (κ3) is 5.83. The van der Waals surface area contributed by atoms with Crippen molar-refractivity contribution in [3.63, 3.8) is 0 Å². The minimum atomic E-state index is -0.707. The summed E-state index contributed by atoms with van der Waals surface area (Å²) in [6.45, 7) is 3.83. The topological polar surface area (TPSA) is 82.0 Å². The van der Waals surface area contributed by atoms with Crippen LogP contribution < -0.4 is 10.6 Å². The standard InChI is InChI=1S/C21H22ClN3O2/c1-14(2)12-19(21(27)24-11-10-23)25-20(26)16-8-9-18(22)17(13-16)15-6-4-3-5-7-15/h3-9,13-14,19H,11-12H2,1-2H3,(H,24,27)(H,25,26)/t19-/m0/s1. The maximum Gasteiger partial charge on any atom is 0.251 e. The number of halogens is 1. The lowest BCUT2D eigenvalue weighted by atomic mass is 10.0. The number of nitrogens with zero attached hydrogens (tertiary/aromatic N) is 1. The van der Waals surface area contributed by atoms with E-state index in [-0.39, 0.29) is 24.3 Å². The molecule has 0 aliphatic heterocycles. The van der Waals surface area contributed by atoms with Gasteiger partial charge >= 0.3 is 0 Å². The molecule has 0 heterocycles. The summed E-state index contributed by atoms with van der Waals surface area (Å²) in [7, 11) is 0. The highest BCUT2D eigenvalue weighted by molar-refractivity contribution is 6.33. The van der Waals surface area contributed by atoms with Crippen LogP contribution in [0.1, 0.15) is 30.6 Å². The van der Waals surface area contributed by atoms with Crippen molar-refractivity contribution < 1.29 is 9.59 Å². The second-order valence-electron chi connectivity index (χ2n) is 6.59. The van der Waals surface area contributed by atoms with Crippen molar-refractivity contribution in [3.05, 3.63) is 59.1 Å². The van der Waals surface area contributed by atoms with Crippen LogP contribution in [0.15, 0.2) is 48.5 Å². The summed E-state index contributed by atoms with van der Waals surface area (Å²) in [4.78, 5) is 25.0. The summed E-state index contributed by atoms with van der Waals surface area (Å²) < 4.78 is 0. The zero-order valence-corrected chi connectivity index (χ0v) is 16.1. The van der Waals surface area contributed by atoms with E-state index in [0.717, 1.165) is 11.1 Å². The number of benzene rings is 2. The van der Waals surface area contributed by atoms with Gasteiger partial charge in [0.15, 0.2) is 0 Å². The Bertz CT molecular complexity index is 844. The van der Waals surface area contributed by atoms with E-state index in [0.29, 0.717) is 17.0 Å². The molecule has 2 aromatic carbocycles. The van der Waals surface area contributed by atoms with Crippen molar-refractivity contribution in [2.45, 2.75) is 26.3 Å². The maximum absolute atomic E-state index is 12.7. The van der Waals surface area contributed by atoms with Crippen LogP contribution in [0.4, 0.5) is 0 Å². The van der Waals surface area contributed by atoms with Crippen molar-refractivity contribution in [2.24, 2.45) is 5.92 Å². The maximum atomic E-state index is 12.7. The fourth-order valence-electron chi connectivity index (χ4n) is 2.70. The van der Waals surface area contributed by atoms with E-state index in [2.05, 4.69) is 10.6 Å². The molecule has 0 aliphatic carbocycles. The van der Waals surface area contributed by atoms with Gasteiger partial charge in [-0.05, 0) is 36.1 Å². The van der Waals surface area contributed by atoms with Gasteiger partial charge in [0, 0.05) is 16.1 Å². The van der Waals surface area contributed by atoms with Gasteiger partial charge in [-0.15, -0.1) is 0 Å². The highest BCUT2D eigenvalue weighted by atomic mass is 35.5. The smallest absolute Gasteiger partial charge is 0.251 e. The molecule has 0 spiro atoms. The molecule has 2 aromatic rings. The lowest BCUT2D eigenvalue weighted by Crippen LogP contribution is -2.47. The highest BCUT2D eigenvalue weighted by Crippen LogP contribution is 2.28. The van der Waals surface area contributed by atoms with Gasteiger partial charge in [-0.2, -0.15) is 5.26 Å². The molecule has 140 valence electrons. The average Bonchev–Trinajstić information content (AvgIpc) is 2.66. The van der Waals surface area contributed by atoms with E-state index >= 15 is 0 Å². The largest absolute Gasteiger partial charge is 0.341 e.